The summed E-state index contributed by atoms with van der Waals surface area (Å²) in [5.41, 5.74) is 0. The van der Waals surface area contributed by atoms with Crippen molar-refractivity contribution < 1.29 is 19.1 Å². The third-order valence-corrected chi connectivity index (χ3v) is 1.65. The zero-order valence-corrected chi connectivity index (χ0v) is 7.36. The Morgan fingerprint density at radius 1 is 1.92 bits per heavy atom. The smallest absolute Gasteiger partial charge is 0.413 e. The van der Waals surface area contributed by atoms with Gasteiger partial charge in [0, 0.05) is 0 Å². The van der Waals surface area contributed by atoms with Crippen LogP contribution in [0.1, 0.15) is 6.92 Å². The minimum absolute atomic E-state index is 0.0612. The summed E-state index contributed by atoms with van der Waals surface area (Å²) in [6.07, 6.45) is 0.796. The van der Waals surface area contributed by atoms with E-state index in [2.05, 4.69) is 11.3 Å². The topological polar surface area (TPSA) is 55.8 Å². The van der Waals surface area contributed by atoms with Crippen molar-refractivity contribution in [2.24, 2.45) is 0 Å². The molecule has 1 atom stereocenters. The molecule has 0 N–H and O–H groups in total. The Bertz CT molecular complexity index is 238. The average Bonchev–Trinajstić information content (AvgIpc) is 2.47. The molecule has 1 rings (SSSR count). The van der Waals surface area contributed by atoms with E-state index in [9.17, 15) is 9.59 Å². The van der Waals surface area contributed by atoms with Crippen LogP contribution in [0, 0.1) is 0 Å². The molecule has 5 heteroatoms. The van der Waals surface area contributed by atoms with E-state index >= 15 is 0 Å². The number of rotatable bonds is 2. The molecule has 1 aliphatic rings. The van der Waals surface area contributed by atoms with Gasteiger partial charge in [-0.15, -0.1) is 6.58 Å². The van der Waals surface area contributed by atoms with Crippen LogP contribution in [-0.2, 0) is 14.3 Å². The van der Waals surface area contributed by atoms with Gasteiger partial charge in [0.05, 0.1) is 6.61 Å². The summed E-state index contributed by atoms with van der Waals surface area (Å²) < 4.78 is 9.36. The van der Waals surface area contributed by atoms with Crippen LogP contribution in [0.25, 0.3) is 0 Å². The molecule has 0 aromatic carbocycles. The van der Waals surface area contributed by atoms with Gasteiger partial charge in [-0.1, -0.05) is 6.08 Å². The van der Waals surface area contributed by atoms with Crippen molar-refractivity contribution in [2.75, 3.05) is 13.3 Å². The molecule has 1 aliphatic heterocycles. The number of hydrogen-bond donors (Lipinski definition) is 0. The molecule has 1 heterocycles. The fraction of sp³-hybridized carbons (Fsp3) is 0.500. The predicted molar refractivity (Wildman–Crippen MR) is 43.8 cm³/mol. The first-order valence-corrected chi connectivity index (χ1v) is 3.93. The van der Waals surface area contributed by atoms with Gasteiger partial charge < -0.3 is 9.47 Å². The minimum Gasteiger partial charge on any atom is -0.450 e. The second-order valence-corrected chi connectivity index (χ2v) is 2.44. The molecule has 0 radical (unpaired) electrons. The molecule has 72 valence electrons. The van der Waals surface area contributed by atoms with Gasteiger partial charge in [0.1, 0.15) is 0 Å². The lowest BCUT2D eigenvalue weighted by atomic mass is 10.3. The third-order valence-electron chi connectivity index (χ3n) is 1.65. The van der Waals surface area contributed by atoms with Gasteiger partial charge in [0.2, 0.25) is 0 Å². The van der Waals surface area contributed by atoms with Crippen molar-refractivity contribution in [2.45, 2.75) is 13.0 Å². The molecule has 1 amide bonds. The molecule has 1 fully saturated rings. The van der Waals surface area contributed by atoms with Crippen LogP contribution >= 0.6 is 0 Å². The molecule has 0 saturated carbocycles. The standard InChI is InChI=1S/C8H11NO4/c1-3-6-7(10)13-5-9(6)8(11)12-4-2/h3,6H,1,4-5H2,2H3/t6-/m0/s1. The van der Waals surface area contributed by atoms with Gasteiger partial charge in [-0.25, -0.2) is 9.59 Å². The predicted octanol–water partition coefficient (Wildman–Crippen LogP) is 0.514. The second-order valence-electron chi connectivity index (χ2n) is 2.44. The number of esters is 1. The van der Waals surface area contributed by atoms with Crippen molar-refractivity contribution in [3.8, 4) is 0 Å². The first kappa shape index (κ1) is 9.57. The van der Waals surface area contributed by atoms with Gasteiger partial charge in [-0.05, 0) is 6.92 Å². The van der Waals surface area contributed by atoms with Gasteiger partial charge >= 0.3 is 12.1 Å². The summed E-state index contributed by atoms with van der Waals surface area (Å²) >= 11 is 0. The van der Waals surface area contributed by atoms with E-state index in [0.29, 0.717) is 0 Å². The van der Waals surface area contributed by atoms with Crippen LogP contribution < -0.4 is 0 Å². The number of carbonyl (C=O) groups is 2. The molecule has 0 aromatic heterocycles. The van der Waals surface area contributed by atoms with Crippen molar-refractivity contribution in [1.82, 2.24) is 4.90 Å². The zero-order valence-electron chi connectivity index (χ0n) is 7.36. The van der Waals surface area contributed by atoms with Crippen LogP contribution in [0.2, 0.25) is 0 Å². The monoisotopic (exact) mass is 185 g/mol. The Morgan fingerprint density at radius 2 is 2.62 bits per heavy atom. The summed E-state index contributed by atoms with van der Waals surface area (Å²) in [7, 11) is 0. The van der Waals surface area contributed by atoms with Crippen LogP contribution in [0.15, 0.2) is 12.7 Å². The van der Waals surface area contributed by atoms with E-state index in [-0.39, 0.29) is 13.3 Å². The fourth-order valence-electron chi connectivity index (χ4n) is 1.02. The molecule has 1 saturated heterocycles. The highest BCUT2D eigenvalue weighted by Gasteiger charge is 2.36. The average molecular weight is 185 g/mol. The number of ether oxygens (including phenoxy) is 2. The van der Waals surface area contributed by atoms with Gasteiger partial charge in [0.15, 0.2) is 12.8 Å². The molecule has 0 aliphatic carbocycles. The lowest BCUT2D eigenvalue weighted by Gasteiger charge is -2.15. The maximum atomic E-state index is 11.2. The molecule has 0 aromatic rings. The quantitative estimate of drug-likeness (QED) is 0.464. The summed E-state index contributed by atoms with van der Waals surface area (Å²) in [5, 5.41) is 0. The highest BCUT2D eigenvalue weighted by molar-refractivity contribution is 5.85. The molecule has 0 spiro atoms. The number of hydrogen-bond acceptors (Lipinski definition) is 4. The fourth-order valence-corrected chi connectivity index (χ4v) is 1.02. The molecule has 0 unspecified atom stereocenters. The maximum Gasteiger partial charge on any atom is 0.413 e. The Hall–Kier alpha value is -1.52. The number of nitrogens with zero attached hydrogens (tertiary/aromatic N) is 1. The van der Waals surface area contributed by atoms with Crippen LogP contribution in [0.4, 0.5) is 4.79 Å². The number of amides is 1. The Balaban J connectivity index is 2.64. The van der Waals surface area contributed by atoms with E-state index in [1.165, 1.54) is 11.0 Å². The second kappa shape index (κ2) is 3.93. The first-order chi connectivity index (χ1) is 6.20. The third kappa shape index (κ3) is 1.80. The summed E-state index contributed by atoms with van der Waals surface area (Å²) in [4.78, 5) is 23.3. The highest BCUT2D eigenvalue weighted by Crippen LogP contribution is 2.13. The number of carbonyl (C=O) groups excluding carboxylic acids is 2. The summed E-state index contributed by atoms with van der Waals surface area (Å²) in [6, 6.07) is -0.709. The van der Waals surface area contributed by atoms with E-state index in [1.807, 2.05) is 0 Å². The molecule has 5 nitrogen and oxygen atoms in total. The summed E-state index contributed by atoms with van der Waals surface area (Å²) in [5.74, 6) is -0.469. The Labute approximate surface area is 75.9 Å². The largest absolute Gasteiger partial charge is 0.450 e. The van der Waals surface area contributed by atoms with Gasteiger partial charge in [-0.3, -0.25) is 4.90 Å². The zero-order chi connectivity index (χ0) is 9.84. The Kier molecular flexibility index (Phi) is 2.89. The van der Waals surface area contributed by atoms with Crippen LogP contribution in [0.3, 0.4) is 0 Å². The lowest BCUT2D eigenvalue weighted by Crippen LogP contribution is -2.37. The van der Waals surface area contributed by atoms with E-state index < -0.39 is 18.1 Å². The van der Waals surface area contributed by atoms with E-state index in [4.69, 9.17) is 4.74 Å². The first-order valence-electron chi connectivity index (χ1n) is 3.93. The molecule has 0 bridgehead atoms. The van der Waals surface area contributed by atoms with Gasteiger partial charge in [-0.2, -0.15) is 0 Å². The maximum absolute atomic E-state index is 11.2. The number of cyclic esters (lactones) is 1. The SMILES string of the molecule is C=C[C@H]1C(=O)OCN1C(=O)OCC. The highest BCUT2D eigenvalue weighted by atomic mass is 16.6. The van der Waals surface area contributed by atoms with Crippen LogP contribution in [-0.4, -0.2) is 36.3 Å². The van der Waals surface area contributed by atoms with Gasteiger partial charge in [0.25, 0.3) is 0 Å². The molecular formula is C8H11NO4. The normalized spacial score (nSPS) is 21.2. The van der Waals surface area contributed by atoms with Crippen molar-refractivity contribution in [3.05, 3.63) is 12.7 Å². The van der Waals surface area contributed by atoms with Crippen molar-refractivity contribution in [1.29, 1.82) is 0 Å². The Morgan fingerprint density at radius 3 is 3.15 bits per heavy atom. The minimum atomic E-state index is -0.709. The molecular weight excluding hydrogens is 174 g/mol. The summed E-state index contributed by atoms with van der Waals surface area (Å²) in [6.45, 7) is 5.34. The molecule has 13 heavy (non-hydrogen) atoms. The van der Waals surface area contributed by atoms with E-state index in [1.54, 1.807) is 6.92 Å². The van der Waals surface area contributed by atoms with Crippen LogP contribution in [0.5, 0.6) is 0 Å². The van der Waals surface area contributed by atoms with Crippen molar-refractivity contribution in [3.63, 3.8) is 0 Å². The lowest BCUT2D eigenvalue weighted by molar-refractivity contribution is -0.138. The van der Waals surface area contributed by atoms with Crippen molar-refractivity contribution >= 4 is 12.1 Å². The van der Waals surface area contributed by atoms with E-state index in [0.717, 1.165) is 0 Å².